The molecule has 0 spiro atoms. The molecule has 21 heavy (non-hydrogen) atoms. The molecule has 0 radical (unpaired) electrons. The van der Waals surface area contributed by atoms with Crippen LogP contribution in [0.15, 0.2) is 12.4 Å². The highest BCUT2D eigenvalue weighted by Crippen LogP contribution is 2.43. The molecule has 5 nitrogen and oxygen atoms in total. The number of nitrogens with zero attached hydrogens (tertiary/aromatic N) is 2. The Morgan fingerprint density at radius 1 is 1.57 bits per heavy atom. The van der Waals surface area contributed by atoms with Gasteiger partial charge in [0.2, 0.25) is 0 Å². The molecule has 1 aromatic rings. The molecule has 3 unspecified atom stereocenters. The first-order chi connectivity index (χ1) is 10.2. The van der Waals surface area contributed by atoms with Crippen LogP contribution in [0.4, 0.5) is 0 Å². The van der Waals surface area contributed by atoms with E-state index in [1.807, 2.05) is 12.4 Å². The second-order valence-corrected chi connectivity index (χ2v) is 6.28. The van der Waals surface area contributed by atoms with Crippen LogP contribution in [0.2, 0.25) is 0 Å². The lowest BCUT2D eigenvalue weighted by Gasteiger charge is -2.44. The summed E-state index contributed by atoms with van der Waals surface area (Å²) in [6, 6.07) is -0.0539. The van der Waals surface area contributed by atoms with Gasteiger partial charge >= 0.3 is 0 Å². The summed E-state index contributed by atoms with van der Waals surface area (Å²) in [7, 11) is 0. The maximum Gasteiger partial charge on any atom is 0.130 e. The van der Waals surface area contributed by atoms with Crippen molar-refractivity contribution in [3.8, 4) is 0 Å². The Balaban J connectivity index is 2.32. The van der Waals surface area contributed by atoms with E-state index >= 15 is 0 Å². The van der Waals surface area contributed by atoms with Crippen LogP contribution < -0.4 is 11.3 Å². The minimum absolute atomic E-state index is 0.0539. The standard InChI is InChI=1S/C16H30N4O/c1-4-10-20-11-9-18-15(20)14(19-17)16(21-5-2)8-6-7-13(3)12-16/h9,11,13-14,19H,4-8,10,12,17H2,1-3H3. The SMILES string of the molecule is CCCn1ccnc1C(NN)C1(OCC)CCCC(C)C1. The van der Waals surface area contributed by atoms with E-state index in [0.717, 1.165) is 31.6 Å². The average Bonchev–Trinajstić information content (AvgIpc) is 2.88. The zero-order chi connectivity index (χ0) is 15.3. The maximum absolute atomic E-state index is 6.25. The summed E-state index contributed by atoms with van der Waals surface area (Å²) in [5, 5.41) is 0. The number of hydrazine groups is 1. The Morgan fingerprint density at radius 2 is 2.38 bits per heavy atom. The molecule has 0 aromatic carbocycles. The maximum atomic E-state index is 6.25. The fraction of sp³-hybridized carbons (Fsp3) is 0.812. The first-order valence-electron chi connectivity index (χ1n) is 8.28. The molecule has 1 heterocycles. The van der Waals surface area contributed by atoms with E-state index in [9.17, 15) is 0 Å². The fourth-order valence-corrected chi connectivity index (χ4v) is 3.78. The van der Waals surface area contributed by atoms with Gasteiger partial charge in [0.15, 0.2) is 0 Å². The number of ether oxygens (including phenoxy) is 1. The molecule has 0 aliphatic heterocycles. The quantitative estimate of drug-likeness (QED) is 0.599. The fourth-order valence-electron chi connectivity index (χ4n) is 3.78. The van der Waals surface area contributed by atoms with E-state index < -0.39 is 0 Å². The summed E-state index contributed by atoms with van der Waals surface area (Å²) < 4.78 is 8.45. The zero-order valence-electron chi connectivity index (χ0n) is 13.6. The van der Waals surface area contributed by atoms with Crippen molar-refractivity contribution in [2.24, 2.45) is 11.8 Å². The lowest BCUT2D eigenvalue weighted by molar-refractivity contribution is -0.104. The third-order valence-corrected chi connectivity index (χ3v) is 4.59. The number of imidazole rings is 1. The van der Waals surface area contributed by atoms with Gasteiger partial charge in [0, 0.05) is 25.5 Å². The van der Waals surface area contributed by atoms with Crippen LogP contribution >= 0.6 is 0 Å². The van der Waals surface area contributed by atoms with Gasteiger partial charge in [0.1, 0.15) is 11.9 Å². The summed E-state index contributed by atoms with van der Waals surface area (Å²) in [6.07, 6.45) is 9.52. The minimum atomic E-state index is -0.238. The number of aryl methyl sites for hydroxylation is 1. The number of nitrogens with one attached hydrogen (secondary N) is 1. The lowest BCUT2D eigenvalue weighted by atomic mass is 9.74. The molecule has 3 N–H and O–H groups in total. The van der Waals surface area contributed by atoms with Crippen LogP contribution in [0, 0.1) is 5.92 Å². The molecule has 0 saturated heterocycles. The Bertz CT molecular complexity index is 430. The molecule has 1 aromatic heterocycles. The highest BCUT2D eigenvalue weighted by Gasteiger charge is 2.44. The van der Waals surface area contributed by atoms with Gasteiger partial charge in [0.05, 0.1) is 5.60 Å². The molecule has 3 atom stereocenters. The molecule has 5 heteroatoms. The van der Waals surface area contributed by atoms with Crippen LogP contribution in [0.3, 0.4) is 0 Å². The van der Waals surface area contributed by atoms with Gasteiger partial charge in [-0.05, 0) is 32.1 Å². The molecule has 1 saturated carbocycles. The first kappa shape index (κ1) is 16.5. The van der Waals surface area contributed by atoms with E-state index in [4.69, 9.17) is 10.6 Å². The third kappa shape index (κ3) is 3.47. The molecule has 1 fully saturated rings. The highest BCUT2D eigenvalue weighted by molar-refractivity contribution is 5.09. The summed E-state index contributed by atoms with van der Waals surface area (Å²) >= 11 is 0. The van der Waals surface area contributed by atoms with Crippen molar-refractivity contribution in [2.75, 3.05) is 6.61 Å². The van der Waals surface area contributed by atoms with Gasteiger partial charge in [0.25, 0.3) is 0 Å². The van der Waals surface area contributed by atoms with Gasteiger partial charge in [-0.1, -0.05) is 26.7 Å². The second-order valence-electron chi connectivity index (χ2n) is 6.28. The van der Waals surface area contributed by atoms with Gasteiger partial charge < -0.3 is 9.30 Å². The molecule has 120 valence electrons. The van der Waals surface area contributed by atoms with Crippen LogP contribution in [-0.4, -0.2) is 21.8 Å². The highest BCUT2D eigenvalue weighted by atomic mass is 16.5. The second kappa shape index (κ2) is 7.38. The van der Waals surface area contributed by atoms with Crippen LogP contribution in [0.1, 0.15) is 64.7 Å². The molecular formula is C16H30N4O. The summed E-state index contributed by atoms with van der Waals surface area (Å²) in [4.78, 5) is 4.57. The summed E-state index contributed by atoms with van der Waals surface area (Å²) in [5.74, 6) is 7.60. The predicted molar refractivity (Wildman–Crippen MR) is 84.6 cm³/mol. The number of rotatable bonds is 7. The van der Waals surface area contributed by atoms with Crippen LogP contribution in [0.5, 0.6) is 0 Å². The number of hydrogen-bond acceptors (Lipinski definition) is 4. The first-order valence-corrected chi connectivity index (χ1v) is 8.28. The zero-order valence-corrected chi connectivity index (χ0v) is 13.6. The third-order valence-electron chi connectivity index (χ3n) is 4.59. The van der Waals surface area contributed by atoms with Crippen molar-refractivity contribution in [3.63, 3.8) is 0 Å². The lowest BCUT2D eigenvalue weighted by Crippen LogP contribution is -2.52. The Morgan fingerprint density at radius 3 is 3.00 bits per heavy atom. The molecule has 0 amide bonds. The minimum Gasteiger partial charge on any atom is -0.373 e. The number of hydrogen-bond donors (Lipinski definition) is 2. The monoisotopic (exact) mass is 294 g/mol. The Kier molecular flexibility index (Phi) is 5.79. The Labute approximate surface area is 128 Å². The molecule has 2 rings (SSSR count). The summed E-state index contributed by atoms with van der Waals surface area (Å²) in [6.45, 7) is 8.21. The predicted octanol–water partition coefficient (Wildman–Crippen LogP) is 2.78. The van der Waals surface area contributed by atoms with Crippen LogP contribution in [0.25, 0.3) is 0 Å². The van der Waals surface area contributed by atoms with E-state index in [-0.39, 0.29) is 11.6 Å². The van der Waals surface area contributed by atoms with Crippen molar-refractivity contribution in [1.82, 2.24) is 15.0 Å². The van der Waals surface area contributed by atoms with Crippen molar-refractivity contribution in [3.05, 3.63) is 18.2 Å². The van der Waals surface area contributed by atoms with Crippen molar-refractivity contribution >= 4 is 0 Å². The summed E-state index contributed by atoms with van der Waals surface area (Å²) in [5.41, 5.74) is 2.77. The smallest absolute Gasteiger partial charge is 0.130 e. The van der Waals surface area contributed by atoms with E-state index in [0.29, 0.717) is 12.5 Å². The van der Waals surface area contributed by atoms with E-state index in [1.165, 1.54) is 12.8 Å². The largest absolute Gasteiger partial charge is 0.373 e. The van der Waals surface area contributed by atoms with Crippen molar-refractivity contribution in [2.45, 2.75) is 71.1 Å². The number of nitrogens with two attached hydrogens (primary N) is 1. The Hall–Kier alpha value is -0.910. The van der Waals surface area contributed by atoms with Crippen LogP contribution in [-0.2, 0) is 11.3 Å². The average molecular weight is 294 g/mol. The van der Waals surface area contributed by atoms with Crippen molar-refractivity contribution < 1.29 is 4.74 Å². The van der Waals surface area contributed by atoms with Crippen molar-refractivity contribution in [1.29, 1.82) is 0 Å². The van der Waals surface area contributed by atoms with E-state index in [2.05, 4.69) is 35.7 Å². The van der Waals surface area contributed by atoms with Gasteiger partial charge in [-0.25, -0.2) is 10.4 Å². The van der Waals surface area contributed by atoms with Gasteiger partial charge in [-0.2, -0.15) is 0 Å². The molecule has 1 aliphatic carbocycles. The van der Waals surface area contributed by atoms with E-state index in [1.54, 1.807) is 0 Å². The van der Waals surface area contributed by atoms with Gasteiger partial charge in [-0.15, -0.1) is 0 Å². The molecular weight excluding hydrogens is 264 g/mol. The normalized spacial score (nSPS) is 27.7. The van der Waals surface area contributed by atoms with Gasteiger partial charge in [-0.3, -0.25) is 5.84 Å². The topological polar surface area (TPSA) is 65.1 Å². The molecule has 0 bridgehead atoms. The molecule has 1 aliphatic rings. The number of aromatic nitrogens is 2.